The van der Waals surface area contributed by atoms with E-state index < -0.39 is 5.82 Å². The summed E-state index contributed by atoms with van der Waals surface area (Å²) in [5.41, 5.74) is 5.20. The molecule has 3 aromatic carbocycles. The van der Waals surface area contributed by atoms with Gasteiger partial charge in [-0.15, -0.1) is 0 Å². The van der Waals surface area contributed by atoms with Gasteiger partial charge < -0.3 is 23.7 Å². The molecule has 2 bridgehead atoms. The lowest BCUT2D eigenvalue weighted by Crippen LogP contribution is -2.38. The number of rotatable bonds is 6. The van der Waals surface area contributed by atoms with E-state index in [1.807, 2.05) is 37.3 Å². The molecule has 2 unspecified atom stereocenters. The number of nitrogens with zero attached hydrogens (tertiary/aromatic N) is 2. The smallest absolute Gasteiger partial charge is 0.254 e. The fraction of sp³-hybridized carbons (Fsp3) is 0.361. The molecule has 7 heteroatoms. The number of aryl methyl sites for hydroxylation is 1. The SMILES string of the molecule is COc1cc(C(=O)N2CC3CCC2[C@@H]3C)cc2oc(-c3cc4ccc(-c5cccc(O)c5F)cc4n3CC3CC3)c(C)c12. The topological polar surface area (TPSA) is 67.8 Å². The first kappa shape index (κ1) is 26.4. The number of halogens is 1. The number of amides is 1. The Morgan fingerprint density at radius 1 is 1.09 bits per heavy atom. The van der Waals surface area contributed by atoms with E-state index in [0.717, 1.165) is 52.8 Å². The van der Waals surface area contributed by atoms with Gasteiger partial charge in [-0.05, 0) is 86.3 Å². The van der Waals surface area contributed by atoms with E-state index >= 15 is 0 Å². The highest BCUT2D eigenvalue weighted by atomic mass is 19.1. The summed E-state index contributed by atoms with van der Waals surface area (Å²) in [6, 6.07) is 16.8. The zero-order valence-corrected chi connectivity index (χ0v) is 24.7. The summed E-state index contributed by atoms with van der Waals surface area (Å²) in [7, 11) is 1.64. The molecule has 6 nitrogen and oxygen atoms in total. The van der Waals surface area contributed by atoms with Crippen molar-refractivity contribution >= 4 is 27.8 Å². The number of ether oxygens (including phenoxy) is 1. The van der Waals surface area contributed by atoms with Gasteiger partial charge in [-0.3, -0.25) is 4.79 Å². The molecule has 1 amide bonds. The number of phenols is 1. The second-order valence-electron chi connectivity index (χ2n) is 12.8. The van der Waals surface area contributed by atoms with Crippen LogP contribution in [-0.2, 0) is 6.54 Å². The zero-order valence-electron chi connectivity index (χ0n) is 24.7. The van der Waals surface area contributed by atoms with Crippen molar-refractivity contribution in [1.29, 1.82) is 0 Å². The van der Waals surface area contributed by atoms with Crippen LogP contribution in [-0.4, -0.2) is 40.2 Å². The molecule has 8 rings (SSSR count). The highest BCUT2D eigenvalue weighted by Gasteiger charge is 2.46. The predicted octanol–water partition coefficient (Wildman–Crippen LogP) is 8.16. The zero-order chi connectivity index (χ0) is 29.6. The Hall–Kier alpha value is -4.26. The summed E-state index contributed by atoms with van der Waals surface area (Å²) in [5.74, 6) is 2.17. The van der Waals surface area contributed by atoms with Crippen LogP contribution in [0.2, 0.25) is 0 Å². The molecule has 3 atom stereocenters. The number of methoxy groups -OCH3 is 1. The molecule has 1 aliphatic heterocycles. The van der Waals surface area contributed by atoms with Gasteiger partial charge in [-0.1, -0.05) is 31.2 Å². The molecule has 1 saturated heterocycles. The first-order chi connectivity index (χ1) is 20.8. The third kappa shape index (κ3) is 4.08. The maximum atomic E-state index is 14.9. The molecule has 3 heterocycles. The molecule has 0 radical (unpaired) electrons. The molecule has 43 heavy (non-hydrogen) atoms. The highest BCUT2D eigenvalue weighted by Crippen LogP contribution is 2.45. The van der Waals surface area contributed by atoms with Crippen LogP contribution in [0.1, 0.15) is 48.5 Å². The van der Waals surface area contributed by atoms with Gasteiger partial charge in [0.25, 0.3) is 5.91 Å². The number of carbonyl (C=O) groups excluding carboxylic acids is 1. The number of fused-ring (bicyclic) bond motifs is 4. The first-order valence-electron chi connectivity index (χ1n) is 15.4. The van der Waals surface area contributed by atoms with E-state index in [1.54, 1.807) is 19.2 Å². The van der Waals surface area contributed by atoms with Gasteiger partial charge in [-0.2, -0.15) is 0 Å². The minimum atomic E-state index is -0.621. The average Bonchev–Trinajstić information content (AvgIpc) is 3.42. The standard InChI is InChI=1S/C36H35FN2O4/c1-19-24-11-12-27(19)39(18-24)36(41)25-15-31(42-3)33-20(2)35(43-32(33)16-25)29-14-23-10-9-22(26-5-4-6-30(40)34(26)37)13-28(23)38(29)17-21-7-8-21/h4-6,9-10,13-16,19,21,24,27,40H,7-8,11-12,17-18H2,1-3H3/t19-,24?,27?/m1/s1. The van der Waals surface area contributed by atoms with Crippen molar-refractivity contribution in [2.75, 3.05) is 13.7 Å². The lowest BCUT2D eigenvalue weighted by atomic mass is 10.0. The molecular formula is C36H35FN2O4. The van der Waals surface area contributed by atoms with E-state index in [0.29, 0.717) is 51.8 Å². The molecule has 220 valence electrons. The number of carbonyl (C=O) groups is 1. The maximum Gasteiger partial charge on any atom is 0.254 e. The number of benzene rings is 3. The lowest BCUT2D eigenvalue weighted by Gasteiger charge is -2.27. The molecule has 2 aromatic heterocycles. The highest BCUT2D eigenvalue weighted by molar-refractivity contribution is 6.02. The largest absolute Gasteiger partial charge is 0.505 e. The monoisotopic (exact) mass is 578 g/mol. The third-order valence-corrected chi connectivity index (χ3v) is 10.3. The van der Waals surface area contributed by atoms with Crippen molar-refractivity contribution in [3.63, 3.8) is 0 Å². The lowest BCUT2D eigenvalue weighted by molar-refractivity contribution is 0.0695. The van der Waals surface area contributed by atoms with E-state index in [1.165, 1.54) is 25.3 Å². The van der Waals surface area contributed by atoms with Gasteiger partial charge >= 0.3 is 0 Å². The number of aromatic nitrogens is 1. The Morgan fingerprint density at radius 3 is 2.65 bits per heavy atom. The van der Waals surface area contributed by atoms with Crippen molar-refractivity contribution in [2.24, 2.45) is 17.8 Å². The Balaban J connectivity index is 1.25. The predicted molar refractivity (Wildman–Crippen MR) is 165 cm³/mol. The molecule has 1 N–H and O–H groups in total. The fourth-order valence-electron chi connectivity index (χ4n) is 7.69. The van der Waals surface area contributed by atoms with E-state index in [4.69, 9.17) is 9.15 Å². The molecule has 5 aromatic rings. The number of hydrogen-bond acceptors (Lipinski definition) is 4. The normalized spacial score (nSPS) is 21.4. The number of phenolic OH excluding ortho intramolecular Hbond substituents is 1. The van der Waals surface area contributed by atoms with Crippen molar-refractivity contribution in [3.8, 4) is 34.1 Å². The molecule has 3 fully saturated rings. The van der Waals surface area contributed by atoms with Gasteiger partial charge in [0.05, 0.1) is 18.2 Å². The van der Waals surface area contributed by atoms with Gasteiger partial charge in [0.15, 0.2) is 17.3 Å². The minimum Gasteiger partial charge on any atom is -0.505 e. The molecule has 2 aliphatic carbocycles. The average molecular weight is 579 g/mol. The van der Waals surface area contributed by atoms with Gasteiger partial charge in [0.1, 0.15) is 11.3 Å². The number of hydrogen-bond donors (Lipinski definition) is 1. The summed E-state index contributed by atoms with van der Waals surface area (Å²) in [4.78, 5) is 15.8. The summed E-state index contributed by atoms with van der Waals surface area (Å²) < 4.78 is 29.6. The van der Waals surface area contributed by atoms with Crippen molar-refractivity contribution in [1.82, 2.24) is 9.47 Å². The van der Waals surface area contributed by atoms with Crippen LogP contribution in [0.5, 0.6) is 11.5 Å². The number of likely N-dealkylation sites (tertiary alicyclic amines) is 1. The summed E-state index contributed by atoms with van der Waals surface area (Å²) in [6.07, 6.45) is 4.63. The summed E-state index contributed by atoms with van der Waals surface area (Å²) in [5, 5.41) is 11.9. The minimum absolute atomic E-state index is 0.0458. The number of piperidine rings is 1. The summed E-state index contributed by atoms with van der Waals surface area (Å²) in [6.45, 7) is 5.96. The molecule has 2 saturated carbocycles. The third-order valence-electron chi connectivity index (χ3n) is 10.3. The van der Waals surface area contributed by atoms with Crippen molar-refractivity contribution < 1.29 is 23.4 Å². The van der Waals surface area contributed by atoms with E-state index in [2.05, 4.69) is 22.5 Å². The Kier molecular flexibility index (Phi) is 5.91. The second kappa shape index (κ2) is 9.63. The van der Waals surface area contributed by atoms with Crippen LogP contribution in [0.4, 0.5) is 4.39 Å². The van der Waals surface area contributed by atoms with Crippen LogP contribution >= 0.6 is 0 Å². The van der Waals surface area contributed by atoms with Crippen LogP contribution in [0.15, 0.2) is 59.0 Å². The fourth-order valence-corrected chi connectivity index (χ4v) is 7.69. The number of aromatic hydroxyl groups is 1. The van der Waals surface area contributed by atoms with Crippen molar-refractivity contribution in [3.05, 3.63) is 71.5 Å². The Bertz CT molecular complexity index is 1930. The molecular weight excluding hydrogens is 543 g/mol. The number of furan rings is 1. The van der Waals surface area contributed by atoms with Gasteiger partial charge in [0, 0.05) is 46.7 Å². The van der Waals surface area contributed by atoms with Crippen molar-refractivity contribution in [2.45, 2.75) is 52.1 Å². The van der Waals surface area contributed by atoms with Gasteiger partial charge in [-0.25, -0.2) is 4.39 Å². The maximum absolute atomic E-state index is 14.9. The van der Waals surface area contributed by atoms with E-state index in [-0.39, 0.29) is 11.7 Å². The summed E-state index contributed by atoms with van der Waals surface area (Å²) >= 11 is 0. The van der Waals surface area contributed by atoms with Crippen LogP contribution < -0.4 is 4.74 Å². The first-order valence-corrected chi connectivity index (χ1v) is 15.4. The molecule has 0 spiro atoms. The van der Waals surface area contributed by atoms with E-state index in [9.17, 15) is 14.3 Å². The van der Waals surface area contributed by atoms with Gasteiger partial charge in [0.2, 0.25) is 0 Å². The quantitative estimate of drug-likeness (QED) is 0.221. The Morgan fingerprint density at radius 2 is 1.93 bits per heavy atom. The Labute approximate surface area is 249 Å². The van der Waals surface area contributed by atoms with Crippen LogP contribution in [0.25, 0.3) is 44.5 Å². The van der Waals surface area contributed by atoms with Crippen LogP contribution in [0, 0.1) is 30.5 Å². The van der Waals surface area contributed by atoms with Crippen LogP contribution in [0.3, 0.4) is 0 Å². The second-order valence-corrected chi connectivity index (χ2v) is 12.8. The molecule has 3 aliphatic rings.